The number of aromatic nitrogens is 1. The van der Waals surface area contributed by atoms with Crippen molar-refractivity contribution in [3.05, 3.63) is 57.1 Å². The van der Waals surface area contributed by atoms with Crippen molar-refractivity contribution in [2.45, 2.75) is 6.61 Å². The maximum atomic E-state index is 5.62. The van der Waals surface area contributed by atoms with Crippen LogP contribution in [-0.4, -0.2) is 4.98 Å². The highest BCUT2D eigenvalue weighted by molar-refractivity contribution is 9.10. The molecule has 0 saturated heterocycles. The maximum absolute atomic E-state index is 5.62. The Hall–Kier alpha value is -0.870. The molecule has 1 heterocycles. The topological polar surface area (TPSA) is 22.1 Å². The van der Waals surface area contributed by atoms with E-state index in [9.17, 15) is 0 Å². The zero-order valence-corrected chi connectivity index (χ0v) is 11.5. The minimum Gasteiger partial charge on any atom is -0.472 e. The lowest BCUT2D eigenvalue weighted by molar-refractivity contribution is 0.291. The van der Waals surface area contributed by atoms with E-state index in [4.69, 9.17) is 4.74 Å². The van der Waals surface area contributed by atoms with Crippen LogP contribution in [0.3, 0.4) is 0 Å². The van der Waals surface area contributed by atoms with Crippen LogP contribution in [0, 0.1) is 0 Å². The van der Waals surface area contributed by atoms with E-state index in [-0.39, 0.29) is 0 Å². The summed E-state index contributed by atoms with van der Waals surface area (Å²) >= 11 is 6.87. The van der Waals surface area contributed by atoms with Gasteiger partial charge in [-0.1, -0.05) is 34.1 Å². The van der Waals surface area contributed by atoms with Crippen LogP contribution < -0.4 is 4.74 Å². The van der Waals surface area contributed by atoms with Crippen LogP contribution >= 0.6 is 31.9 Å². The molecule has 0 aliphatic carbocycles. The van der Waals surface area contributed by atoms with E-state index < -0.39 is 0 Å². The molecule has 0 bridgehead atoms. The van der Waals surface area contributed by atoms with Gasteiger partial charge in [-0.05, 0) is 34.1 Å². The van der Waals surface area contributed by atoms with Crippen molar-refractivity contribution in [3.8, 4) is 5.88 Å². The van der Waals surface area contributed by atoms with E-state index in [1.807, 2.05) is 36.4 Å². The Morgan fingerprint density at radius 1 is 1.00 bits per heavy atom. The van der Waals surface area contributed by atoms with E-state index in [0.29, 0.717) is 12.5 Å². The number of nitrogens with zero attached hydrogens (tertiary/aromatic N) is 1. The summed E-state index contributed by atoms with van der Waals surface area (Å²) in [5, 5.41) is 0. The third-order valence-corrected chi connectivity index (χ3v) is 3.42. The van der Waals surface area contributed by atoms with Gasteiger partial charge in [0, 0.05) is 16.2 Å². The molecule has 0 aliphatic heterocycles. The molecular weight excluding hydrogens is 334 g/mol. The van der Waals surface area contributed by atoms with E-state index in [1.54, 1.807) is 6.20 Å². The molecule has 2 nitrogen and oxygen atoms in total. The zero-order chi connectivity index (χ0) is 11.4. The number of benzene rings is 1. The van der Waals surface area contributed by atoms with Crippen molar-refractivity contribution >= 4 is 31.9 Å². The molecule has 1 aromatic carbocycles. The minimum atomic E-state index is 0.497. The number of pyridine rings is 1. The van der Waals surface area contributed by atoms with E-state index in [1.165, 1.54) is 0 Å². The Morgan fingerprint density at radius 3 is 2.50 bits per heavy atom. The highest BCUT2D eigenvalue weighted by Crippen LogP contribution is 2.23. The Morgan fingerprint density at radius 2 is 1.75 bits per heavy atom. The molecule has 82 valence electrons. The fourth-order valence-electron chi connectivity index (χ4n) is 1.24. The molecule has 0 N–H and O–H groups in total. The summed E-state index contributed by atoms with van der Waals surface area (Å²) in [4.78, 5) is 4.14. The van der Waals surface area contributed by atoms with Gasteiger partial charge in [-0.25, -0.2) is 4.98 Å². The van der Waals surface area contributed by atoms with Gasteiger partial charge in [0.1, 0.15) is 6.61 Å². The fourth-order valence-corrected chi connectivity index (χ4v) is 2.01. The Bertz CT molecular complexity index is 442. The third-order valence-electron chi connectivity index (χ3n) is 2.05. The number of halogens is 2. The van der Waals surface area contributed by atoms with Gasteiger partial charge in [0.2, 0.25) is 5.88 Å². The van der Waals surface area contributed by atoms with Crippen molar-refractivity contribution in [1.82, 2.24) is 4.98 Å². The number of hydrogen-bond donors (Lipinski definition) is 0. The first-order chi connectivity index (χ1) is 7.77. The summed E-state index contributed by atoms with van der Waals surface area (Å²) in [6.07, 6.45) is 1.71. The SMILES string of the molecule is Brc1ccccc1COc1ncccc1Br. The molecule has 2 rings (SSSR count). The molecule has 4 heteroatoms. The van der Waals surface area contributed by atoms with Gasteiger partial charge in [0.15, 0.2) is 0 Å². The first-order valence-corrected chi connectivity index (χ1v) is 6.32. The first-order valence-electron chi connectivity index (χ1n) is 4.74. The molecule has 0 radical (unpaired) electrons. The number of ether oxygens (including phenoxy) is 1. The van der Waals surface area contributed by atoms with Crippen molar-refractivity contribution < 1.29 is 4.74 Å². The third kappa shape index (κ3) is 2.83. The standard InChI is InChI=1S/C12H9Br2NO/c13-10-5-2-1-4-9(10)8-16-12-11(14)6-3-7-15-12/h1-7H,8H2. The average Bonchev–Trinajstić information content (AvgIpc) is 2.30. The van der Waals surface area contributed by atoms with Gasteiger partial charge >= 0.3 is 0 Å². The monoisotopic (exact) mass is 341 g/mol. The summed E-state index contributed by atoms with van der Waals surface area (Å²) < 4.78 is 7.52. The summed E-state index contributed by atoms with van der Waals surface area (Å²) in [5.41, 5.74) is 1.10. The van der Waals surface area contributed by atoms with Crippen molar-refractivity contribution in [1.29, 1.82) is 0 Å². The van der Waals surface area contributed by atoms with Gasteiger partial charge < -0.3 is 4.74 Å². The normalized spacial score (nSPS) is 10.1. The van der Waals surface area contributed by atoms with Gasteiger partial charge in [0.05, 0.1) is 4.47 Å². The quantitative estimate of drug-likeness (QED) is 0.834. The lowest BCUT2D eigenvalue weighted by Gasteiger charge is -2.07. The molecule has 0 atom stereocenters. The van der Waals surface area contributed by atoms with E-state index >= 15 is 0 Å². The molecular formula is C12H9Br2NO. The molecule has 0 fully saturated rings. The molecule has 2 aromatic rings. The second kappa shape index (κ2) is 5.46. The van der Waals surface area contributed by atoms with Gasteiger partial charge in [-0.15, -0.1) is 0 Å². The van der Waals surface area contributed by atoms with Crippen LogP contribution in [0.1, 0.15) is 5.56 Å². The zero-order valence-electron chi connectivity index (χ0n) is 8.36. The van der Waals surface area contributed by atoms with Gasteiger partial charge in [-0.3, -0.25) is 0 Å². The smallest absolute Gasteiger partial charge is 0.228 e. The molecule has 0 saturated carbocycles. The van der Waals surface area contributed by atoms with E-state index in [2.05, 4.69) is 36.8 Å². The largest absolute Gasteiger partial charge is 0.472 e. The van der Waals surface area contributed by atoms with Gasteiger partial charge in [-0.2, -0.15) is 0 Å². The summed E-state index contributed by atoms with van der Waals surface area (Å²) in [6.45, 7) is 0.497. The molecule has 0 aliphatic rings. The predicted molar refractivity (Wildman–Crippen MR) is 70.4 cm³/mol. The Kier molecular flexibility index (Phi) is 3.96. The second-order valence-electron chi connectivity index (χ2n) is 3.17. The highest BCUT2D eigenvalue weighted by atomic mass is 79.9. The lowest BCUT2D eigenvalue weighted by atomic mass is 10.2. The van der Waals surface area contributed by atoms with E-state index in [0.717, 1.165) is 14.5 Å². The molecule has 0 unspecified atom stereocenters. The highest BCUT2D eigenvalue weighted by Gasteiger charge is 2.03. The van der Waals surface area contributed by atoms with Crippen molar-refractivity contribution in [2.24, 2.45) is 0 Å². The second-order valence-corrected chi connectivity index (χ2v) is 4.88. The maximum Gasteiger partial charge on any atom is 0.228 e. The molecule has 1 aromatic heterocycles. The lowest BCUT2D eigenvalue weighted by Crippen LogP contribution is -1.98. The molecule has 0 amide bonds. The van der Waals surface area contributed by atoms with Crippen LogP contribution in [0.15, 0.2) is 51.5 Å². The predicted octanol–water partition coefficient (Wildman–Crippen LogP) is 4.19. The van der Waals surface area contributed by atoms with Crippen LogP contribution in [-0.2, 0) is 6.61 Å². The summed E-state index contributed by atoms with van der Waals surface area (Å²) in [7, 11) is 0. The number of hydrogen-bond acceptors (Lipinski definition) is 2. The minimum absolute atomic E-state index is 0.497. The van der Waals surface area contributed by atoms with Crippen LogP contribution in [0.5, 0.6) is 5.88 Å². The van der Waals surface area contributed by atoms with Crippen LogP contribution in [0.25, 0.3) is 0 Å². The van der Waals surface area contributed by atoms with Gasteiger partial charge in [0.25, 0.3) is 0 Å². The average molecular weight is 343 g/mol. The summed E-state index contributed by atoms with van der Waals surface area (Å²) in [5.74, 6) is 0.609. The Balaban J connectivity index is 2.09. The van der Waals surface area contributed by atoms with Crippen molar-refractivity contribution in [2.75, 3.05) is 0 Å². The van der Waals surface area contributed by atoms with Crippen LogP contribution in [0.4, 0.5) is 0 Å². The summed E-state index contributed by atoms with van der Waals surface area (Å²) in [6, 6.07) is 11.7. The van der Waals surface area contributed by atoms with Crippen LogP contribution in [0.2, 0.25) is 0 Å². The van der Waals surface area contributed by atoms with Crippen molar-refractivity contribution in [3.63, 3.8) is 0 Å². The molecule has 16 heavy (non-hydrogen) atoms. The fraction of sp³-hybridized carbons (Fsp3) is 0.0833. The first kappa shape index (κ1) is 11.6. The number of rotatable bonds is 3. The molecule has 0 spiro atoms. The Labute approximate surface area is 111 Å².